The molecule has 0 atom stereocenters. The summed E-state index contributed by atoms with van der Waals surface area (Å²) in [4.78, 5) is 0. The molecule has 0 heterocycles. The SMILES string of the molecule is [C-]1=CC=CCC1.[Co+2].c1cc[cH-]c1. The average molecular weight is 203 g/mol. The zero-order valence-electron chi connectivity index (χ0n) is 6.87. The second-order valence-electron chi connectivity index (χ2n) is 2.30. The predicted octanol–water partition coefficient (Wildman–Crippen LogP) is 3.10. The van der Waals surface area contributed by atoms with Gasteiger partial charge < -0.3 is 0 Å². The summed E-state index contributed by atoms with van der Waals surface area (Å²) in [5.74, 6) is 0. The molecule has 65 valence electrons. The molecule has 0 spiro atoms. The van der Waals surface area contributed by atoms with E-state index in [1.54, 1.807) is 0 Å². The minimum Gasteiger partial charge on any atom is -0.275 e. The van der Waals surface area contributed by atoms with Gasteiger partial charge in [0, 0.05) is 0 Å². The van der Waals surface area contributed by atoms with E-state index in [1.807, 2.05) is 42.5 Å². The van der Waals surface area contributed by atoms with Gasteiger partial charge in [-0.3, -0.25) is 6.08 Å². The van der Waals surface area contributed by atoms with E-state index in [-0.39, 0.29) is 16.8 Å². The van der Waals surface area contributed by atoms with Crippen molar-refractivity contribution in [2.75, 3.05) is 0 Å². The van der Waals surface area contributed by atoms with Crippen LogP contribution in [0.5, 0.6) is 0 Å². The topological polar surface area (TPSA) is 0 Å². The Morgan fingerprint density at radius 3 is 2.08 bits per heavy atom. The van der Waals surface area contributed by atoms with Crippen molar-refractivity contribution in [3.63, 3.8) is 0 Å². The van der Waals surface area contributed by atoms with E-state index in [4.69, 9.17) is 0 Å². The summed E-state index contributed by atoms with van der Waals surface area (Å²) in [5, 5.41) is 0. The molecule has 0 fully saturated rings. The minimum absolute atomic E-state index is 0. The van der Waals surface area contributed by atoms with Gasteiger partial charge in [0.15, 0.2) is 0 Å². The second-order valence-corrected chi connectivity index (χ2v) is 2.30. The van der Waals surface area contributed by atoms with Gasteiger partial charge in [-0.15, -0.1) is 6.42 Å². The van der Waals surface area contributed by atoms with Crippen LogP contribution in [0.4, 0.5) is 0 Å². The fourth-order valence-corrected chi connectivity index (χ4v) is 0.803. The van der Waals surface area contributed by atoms with Crippen LogP contribution in [0.25, 0.3) is 0 Å². The quantitative estimate of drug-likeness (QED) is 0.568. The molecule has 2 rings (SSSR count). The van der Waals surface area contributed by atoms with E-state index in [0.717, 1.165) is 6.42 Å². The Morgan fingerprint density at radius 1 is 1.17 bits per heavy atom. The normalized spacial score (nSPS) is 12.7. The maximum atomic E-state index is 3.07. The van der Waals surface area contributed by atoms with Crippen LogP contribution < -0.4 is 0 Å². The van der Waals surface area contributed by atoms with Gasteiger partial charge in [-0.1, -0.05) is 6.42 Å². The standard InChI is InChI=1S/C6H7.C5H5.Co/c1-2-4-6-5-3-1;1-2-4-5-3-1;/h1-3H,4,6H2;1-5H;/q2*-1;+2. The predicted molar refractivity (Wildman–Crippen MR) is 48.2 cm³/mol. The third-order valence-electron chi connectivity index (χ3n) is 1.36. The summed E-state index contributed by atoms with van der Waals surface area (Å²) in [5.41, 5.74) is 0. The summed E-state index contributed by atoms with van der Waals surface area (Å²) < 4.78 is 0. The van der Waals surface area contributed by atoms with Crippen LogP contribution >= 0.6 is 0 Å². The van der Waals surface area contributed by atoms with Crippen LogP contribution in [0.2, 0.25) is 0 Å². The minimum atomic E-state index is 0. The van der Waals surface area contributed by atoms with Crippen LogP contribution in [-0.4, -0.2) is 0 Å². The summed E-state index contributed by atoms with van der Waals surface area (Å²) >= 11 is 0. The number of hydrogen-bond donors (Lipinski definition) is 0. The molecule has 0 saturated heterocycles. The molecule has 0 nitrogen and oxygen atoms in total. The Labute approximate surface area is 84.6 Å². The molecule has 1 aromatic carbocycles. The summed E-state index contributed by atoms with van der Waals surface area (Å²) in [7, 11) is 0. The summed E-state index contributed by atoms with van der Waals surface area (Å²) in [6.45, 7) is 0. The average Bonchev–Trinajstić information content (AvgIpc) is 2.64. The molecule has 12 heavy (non-hydrogen) atoms. The largest absolute Gasteiger partial charge is 2.00 e. The van der Waals surface area contributed by atoms with E-state index in [2.05, 4.69) is 12.2 Å². The molecular weight excluding hydrogens is 191 g/mol. The van der Waals surface area contributed by atoms with E-state index in [0.29, 0.717) is 0 Å². The molecule has 0 amide bonds. The van der Waals surface area contributed by atoms with E-state index in [9.17, 15) is 0 Å². The number of allylic oxidation sites excluding steroid dienone is 4. The van der Waals surface area contributed by atoms with E-state index in [1.165, 1.54) is 6.42 Å². The van der Waals surface area contributed by atoms with Crippen molar-refractivity contribution < 1.29 is 16.8 Å². The van der Waals surface area contributed by atoms with Gasteiger partial charge >= 0.3 is 16.8 Å². The van der Waals surface area contributed by atoms with Crippen LogP contribution in [0, 0.1) is 6.08 Å². The van der Waals surface area contributed by atoms with Gasteiger partial charge in [-0.2, -0.15) is 24.3 Å². The zero-order chi connectivity index (χ0) is 7.78. The molecule has 1 heteroatoms. The molecule has 0 aromatic heterocycles. The van der Waals surface area contributed by atoms with Crippen molar-refractivity contribution in [1.82, 2.24) is 0 Å². The Hall–Kier alpha value is -0.664. The van der Waals surface area contributed by atoms with Crippen LogP contribution in [0.1, 0.15) is 12.8 Å². The third-order valence-corrected chi connectivity index (χ3v) is 1.36. The molecule has 0 bridgehead atoms. The van der Waals surface area contributed by atoms with E-state index >= 15 is 0 Å². The van der Waals surface area contributed by atoms with Crippen molar-refractivity contribution in [1.29, 1.82) is 0 Å². The van der Waals surface area contributed by atoms with Crippen LogP contribution in [-0.2, 0) is 16.8 Å². The van der Waals surface area contributed by atoms with Crippen molar-refractivity contribution in [3.05, 3.63) is 54.6 Å². The molecule has 0 unspecified atom stereocenters. The molecule has 1 aromatic rings. The second kappa shape index (κ2) is 8.43. The van der Waals surface area contributed by atoms with Gasteiger partial charge in [0.1, 0.15) is 0 Å². The van der Waals surface area contributed by atoms with Gasteiger partial charge in [-0.25, -0.2) is 24.3 Å². The number of hydrogen-bond acceptors (Lipinski definition) is 0. The summed E-state index contributed by atoms with van der Waals surface area (Å²) in [6, 6.07) is 10.0. The molecular formula is C11H12Co. The Bertz CT molecular complexity index is 178. The van der Waals surface area contributed by atoms with Crippen LogP contribution in [0.15, 0.2) is 48.6 Å². The Morgan fingerprint density at radius 2 is 1.92 bits per heavy atom. The first kappa shape index (κ1) is 11.3. The van der Waals surface area contributed by atoms with Gasteiger partial charge in [0.05, 0.1) is 0 Å². The maximum absolute atomic E-state index is 3.07. The van der Waals surface area contributed by atoms with Crippen molar-refractivity contribution in [2.24, 2.45) is 0 Å². The van der Waals surface area contributed by atoms with Gasteiger partial charge in [0.2, 0.25) is 0 Å². The van der Waals surface area contributed by atoms with E-state index < -0.39 is 0 Å². The first-order valence-electron chi connectivity index (χ1n) is 3.88. The smallest absolute Gasteiger partial charge is 0.275 e. The van der Waals surface area contributed by atoms with Gasteiger partial charge in [0.25, 0.3) is 0 Å². The monoisotopic (exact) mass is 203 g/mol. The molecule has 1 aliphatic rings. The zero-order valence-corrected chi connectivity index (χ0v) is 7.91. The number of rotatable bonds is 0. The molecule has 0 N–H and O–H groups in total. The fourth-order valence-electron chi connectivity index (χ4n) is 0.803. The fraction of sp³-hybridized carbons (Fsp3) is 0.182. The molecule has 1 aliphatic carbocycles. The van der Waals surface area contributed by atoms with Crippen molar-refractivity contribution in [2.45, 2.75) is 12.8 Å². The third kappa shape index (κ3) is 6.07. The van der Waals surface area contributed by atoms with Crippen LogP contribution in [0.3, 0.4) is 0 Å². The molecule has 0 saturated carbocycles. The Kier molecular flexibility index (Phi) is 7.97. The molecule has 1 radical (unpaired) electrons. The van der Waals surface area contributed by atoms with Gasteiger partial charge in [-0.05, 0) is 0 Å². The van der Waals surface area contributed by atoms with Crippen molar-refractivity contribution >= 4 is 0 Å². The van der Waals surface area contributed by atoms with Crippen molar-refractivity contribution in [3.8, 4) is 0 Å². The Balaban J connectivity index is 0.000000189. The first-order chi connectivity index (χ1) is 5.50. The summed E-state index contributed by atoms with van der Waals surface area (Å²) in [6.07, 6.45) is 11.5. The maximum Gasteiger partial charge on any atom is 2.00 e. The first-order valence-corrected chi connectivity index (χ1v) is 3.88. The molecule has 0 aliphatic heterocycles.